The quantitative estimate of drug-likeness (QED) is 0.789. The molecular formula is C9H12N4O4. The van der Waals surface area contributed by atoms with Crippen LogP contribution in [0.2, 0.25) is 0 Å². The van der Waals surface area contributed by atoms with Crippen molar-refractivity contribution in [2.75, 3.05) is 5.32 Å². The smallest absolute Gasteiger partial charge is 0.413 e. The molecule has 0 aliphatic rings. The zero-order valence-corrected chi connectivity index (χ0v) is 9.59. The molecule has 0 aromatic carbocycles. The first-order valence-corrected chi connectivity index (χ1v) is 4.70. The number of aromatic nitrogens is 3. The van der Waals surface area contributed by atoms with Crippen LogP contribution in [0.25, 0.3) is 0 Å². The van der Waals surface area contributed by atoms with Gasteiger partial charge in [-0.25, -0.2) is 14.6 Å². The third-order valence-electron chi connectivity index (χ3n) is 1.44. The van der Waals surface area contributed by atoms with Crippen molar-refractivity contribution in [1.29, 1.82) is 0 Å². The fourth-order valence-corrected chi connectivity index (χ4v) is 0.917. The van der Waals surface area contributed by atoms with Crippen molar-refractivity contribution < 1.29 is 19.4 Å². The number of rotatable bonds is 2. The Hall–Kier alpha value is -2.25. The number of carbonyl (C=O) groups excluding carboxylic acids is 1. The average molecular weight is 240 g/mol. The van der Waals surface area contributed by atoms with Gasteiger partial charge in [0.15, 0.2) is 11.5 Å². The summed E-state index contributed by atoms with van der Waals surface area (Å²) in [6, 6.07) is 0. The number of carbonyl (C=O) groups is 2. The van der Waals surface area contributed by atoms with Crippen LogP contribution < -0.4 is 5.32 Å². The van der Waals surface area contributed by atoms with Crippen LogP contribution >= 0.6 is 0 Å². The van der Waals surface area contributed by atoms with Gasteiger partial charge in [-0.1, -0.05) is 0 Å². The molecule has 0 aliphatic heterocycles. The zero-order chi connectivity index (χ0) is 13.1. The minimum absolute atomic E-state index is 0.255. The summed E-state index contributed by atoms with van der Waals surface area (Å²) in [6.45, 7) is 5.04. The second-order valence-electron chi connectivity index (χ2n) is 4.09. The number of carboxylic acids is 1. The van der Waals surface area contributed by atoms with Crippen LogP contribution in [0.4, 0.5) is 10.6 Å². The predicted octanol–water partition coefficient (Wildman–Crippen LogP) is 0.917. The minimum atomic E-state index is -1.31. The second kappa shape index (κ2) is 4.73. The number of aromatic carboxylic acids is 1. The van der Waals surface area contributed by atoms with E-state index in [-0.39, 0.29) is 5.82 Å². The highest BCUT2D eigenvalue weighted by Gasteiger charge is 2.20. The Morgan fingerprint density at radius 2 is 2.06 bits per heavy atom. The second-order valence-corrected chi connectivity index (χ2v) is 4.09. The van der Waals surface area contributed by atoms with Crippen LogP contribution in [-0.4, -0.2) is 38.0 Å². The summed E-state index contributed by atoms with van der Waals surface area (Å²) in [7, 11) is 0. The molecule has 0 unspecified atom stereocenters. The van der Waals surface area contributed by atoms with Gasteiger partial charge in [0, 0.05) is 0 Å². The van der Waals surface area contributed by atoms with E-state index in [1.54, 1.807) is 20.8 Å². The van der Waals surface area contributed by atoms with Gasteiger partial charge in [0.05, 0.1) is 0 Å². The van der Waals surface area contributed by atoms with Crippen molar-refractivity contribution in [3.8, 4) is 0 Å². The first-order valence-electron chi connectivity index (χ1n) is 4.70. The lowest BCUT2D eigenvalue weighted by molar-refractivity contribution is 0.0635. The molecule has 1 aromatic heterocycles. The topological polar surface area (TPSA) is 114 Å². The minimum Gasteiger partial charge on any atom is -0.476 e. The van der Waals surface area contributed by atoms with Crippen LogP contribution in [0, 0.1) is 0 Å². The van der Waals surface area contributed by atoms with E-state index in [1.165, 1.54) is 0 Å². The third-order valence-corrected chi connectivity index (χ3v) is 1.44. The summed E-state index contributed by atoms with van der Waals surface area (Å²) in [4.78, 5) is 25.6. The van der Waals surface area contributed by atoms with Gasteiger partial charge in [0.1, 0.15) is 11.9 Å². The SMILES string of the molecule is CC(C)(C)OC(=O)Nc1nncnc1C(=O)O. The molecule has 1 aromatic rings. The number of nitrogens with zero attached hydrogens (tertiary/aromatic N) is 3. The van der Waals surface area contributed by atoms with Crippen molar-refractivity contribution in [3.63, 3.8) is 0 Å². The fraction of sp³-hybridized carbons (Fsp3) is 0.444. The summed E-state index contributed by atoms with van der Waals surface area (Å²) in [5.41, 5.74) is -1.09. The highest BCUT2D eigenvalue weighted by molar-refractivity contribution is 5.95. The normalized spacial score (nSPS) is 10.8. The Kier molecular flexibility index (Phi) is 3.56. The Balaban J connectivity index is 2.82. The number of hydrogen-bond acceptors (Lipinski definition) is 6. The van der Waals surface area contributed by atoms with Gasteiger partial charge in [-0.3, -0.25) is 5.32 Å². The van der Waals surface area contributed by atoms with E-state index in [9.17, 15) is 9.59 Å². The maximum Gasteiger partial charge on any atom is 0.413 e. The molecular weight excluding hydrogens is 228 g/mol. The van der Waals surface area contributed by atoms with Gasteiger partial charge in [0.2, 0.25) is 0 Å². The monoisotopic (exact) mass is 240 g/mol. The molecule has 1 amide bonds. The van der Waals surface area contributed by atoms with Crippen molar-refractivity contribution in [1.82, 2.24) is 15.2 Å². The number of ether oxygens (including phenoxy) is 1. The van der Waals surface area contributed by atoms with Crippen LogP contribution in [0.1, 0.15) is 31.3 Å². The molecule has 0 fully saturated rings. The maximum atomic E-state index is 11.4. The van der Waals surface area contributed by atoms with Gasteiger partial charge in [-0.05, 0) is 20.8 Å². The summed E-state index contributed by atoms with van der Waals surface area (Å²) < 4.78 is 4.94. The Labute approximate surface area is 97.0 Å². The average Bonchev–Trinajstić information content (AvgIpc) is 2.14. The molecule has 1 heterocycles. The van der Waals surface area contributed by atoms with Gasteiger partial charge in [0.25, 0.3) is 0 Å². The summed E-state index contributed by atoms with van der Waals surface area (Å²) >= 11 is 0. The van der Waals surface area contributed by atoms with E-state index in [0.717, 1.165) is 6.33 Å². The molecule has 0 saturated heterocycles. The summed E-state index contributed by atoms with van der Waals surface area (Å²) in [6.07, 6.45) is 0.159. The number of carboxylic acid groups (broad SMARTS) is 1. The molecule has 0 saturated carbocycles. The third kappa shape index (κ3) is 4.01. The number of nitrogens with one attached hydrogen (secondary N) is 1. The predicted molar refractivity (Wildman–Crippen MR) is 56.6 cm³/mol. The van der Waals surface area contributed by atoms with Crippen molar-refractivity contribution >= 4 is 17.9 Å². The van der Waals surface area contributed by atoms with E-state index in [2.05, 4.69) is 20.5 Å². The Bertz CT molecular complexity index is 441. The van der Waals surface area contributed by atoms with E-state index >= 15 is 0 Å². The largest absolute Gasteiger partial charge is 0.476 e. The van der Waals surface area contributed by atoms with E-state index in [4.69, 9.17) is 9.84 Å². The zero-order valence-electron chi connectivity index (χ0n) is 9.59. The molecule has 8 nitrogen and oxygen atoms in total. The molecule has 92 valence electrons. The number of anilines is 1. The molecule has 17 heavy (non-hydrogen) atoms. The number of hydrogen-bond donors (Lipinski definition) is 2. The van der Waals surface area contributed by atoms with Gasteiger partial charge < -0.3 is 9.84 Å². The van der Waals surface area contributed by atoms with Crippen molar-refractivity contribution in [2.24, 2.45) is 0 Å². The fourth-order valence-electron chi connectivity index (χ4n) is 0.917. The lowest BCUT2D eigenvalue weighted by Gasteiger charge is -2.19. The lowest BCUT2D eigenvalue weighted by Crippen LogP contribution is -2.28. The van der Waals surface area contributed by atoms with Crippen LogP contribution in [0.15, 0.2) is 6.33 Å². The molecule has 8 heteroatoms. The van der Waals surface area contributed by atoms with Gasteiger partial charge in [-0.2, -0.15) is 0 Å². The molecule has 0 bridgehead atoms. The van der Waals surface area contributed by atoms with Crippen LogP contribution in [-0.2, 0) is 4.74 Å². The van der Waals surface area contributed by atoms with Crippen molar-refractivity contribution in [3.05, 3.63) is 12.0 Å². The summed E-state index contributed by atoms with van der Waals surface area (Å²) in [5, 5.41) is 17.8. The molecule has 0 aliphatic carbocycles. The van der Waals surface area contributed by atoms with Gasteiger partial charge >= 0.3 is 12.1 Å². The number of amides is 1. The molecule has 1 rings (SSSR count). The lowest BCUT2D eigenvalue weighted by atomic mass is 10.2. The summed E-state index contributed by atoms with van der Waals surface area (Å²) in [5.74, 6) is -1.57. The van der Waals surface area contributed by atoms with Gasteiger partial charge in [-0.15, -0.1) is 10.2 Å². The standard InChI is InChI=1S/C9H12N4O4/c1-9(2,3)17-8(16)12-6-5(7(14)15)10-4-11-13-6/h4H,1-3H3,(H,14,15)(H,12,13,16). The van der Waals surface area contributed by atoms with Crippen molar-refractivity contribution in [2.45, 2.75) is 26.4 Å². The Morgan fingerprint density at radius 3 is 2.59 bits per heavy atom. The first kappa shape index (κ1) is 12.8. The first-order chi connectivity index (χ1) is 7.79. The highest BCUT2D eigenvalue weighted by Crippen LogP contribution is 2.11. The molecule has 2 N–H and O–H groups in total. The van der Waals surface area contributed by atoms with E-state index in [0.29, 0.717) is 0 Å². The highest BCUT2D eigenvalue weighted by atomic mass is 16.6. The molecule has 0 atom stereocenters. The Morgan fingerprint density at radius 1 is 1.41 bits per heavy atom. The molecule has 0 radical (unpaired) electrons. The van der Waals surface area contributed by atoms with Crippen LogP contribution in [0.3, 0.4) is 0 Å². The maximum absolute atomic E-state index is 11.4. The van der Waals surface area contributed by atoms with Crippen LogP contribution in [0.5, 0.6) is 0 Å². The van der Waals surface area contributed by atoms with E-state index < -0.39 is 23.4 Å². The molecule has 0 spiro atoms. The van der Waals surface area contributed by atoms with E-state index in [1.807, 2.05) is 0 Å².